The highest BCUT2D eigenvalue weighted by molar-refractivity contribution is 7.24. The number of anilines is 1. The van der Waals surface area contributed by atoms with Crippen molar-refractivity contribution < 1.29 is 32.6 Å². The van der Waals surface area contributed by atoms with Crippen LogP contribution in [0.15, 0.2) is 36.4 Å². The number of esters is 1. The van der Waals surface area contributed by atoms with E-state index in [0.29, 0.717) is 15.6 Å². The number of halogens is 4. The molecular formula is C20H15ClF3NO4S. The highest BCUT2D eigenvalue weighted by atomic mass is 35.5. The summed E-state index contributed by atoms with van der Waals surface area (Å²) in [5, 5.41) is 10.5. The molecule has 3 aromatic rings. The predicted octanol–water partition coefficient (Wildman–Crippen LogP) is 5.62. The zero-order chi connectivity index (χ0) is 22.2. The van der Waals surface area contributed by atoms with Crippen molar-refractivity contribution in [3.05, 3.63) is 58.1 Å². The highest BCUT2D eigenvalue weighted by Crippen LogP contribution is 2.45. The first-order valence-electron chi connectivity index (χ1n) is 8.51. The highest BCUT2D eigenvalue weighted by Gasteiger charge is 2.31. The average Bonchev–Trinajstić information content (AvgIpc) is 3.07. The van der Waals surface area contributed by atoms with Crippen LogP contribution >= 0.6 is 22.9 Å². The molecule has 0 aliphatic heterocycles. The first-order chi connectivity index (χ1) is 14.0. The zero-order valence-corrected chi connectivity index (χ0v) is 17.3. The van der Waals surface area contributed by atoms with E-state index in [2.05, 4.69) is 0 Å². The number of carbonyl (C=O) groups excluding carboxylic acids is 2. The lowest BCUT2D eigenvalue weighted by Gasteiger charge is -2.21. The number of benzene rings is 2. The number of amides is 1. The third-order valence-corrected chi connectivity index (χ3v) is 6.14. The lowest BCUT2D eigenvalue weighted by atomic mass is 10.1. The van der Waals surface area contributed by atoms with Gasteiger partial charge in [0.05, 0.1) is 23.9 Å². The molecule has 0 fully saturated rings. The minimum absolute atomic E-state index is 0.0203. The number of phenols is 1. The number of carbonyl (C=O) groups is 2. The number of hydrogen-bond acceptors (Lipinski definition) is 5. The van der Waals surface area contributed by atoms with Gasteiger partial charge >= 0.3 is 12.1 Å². The lowest BCUT2D eigenvalue weighted by molar-refractivity contribution is -0.137. The first kappa shape index (κ1) is 21.9. The van der Waals surface area contributed by atoms with Crippen molar-refractivity contribution in [2.75, 3.05) is 12.0 Å². The number of methoxy groups -OCH3 is 1. The topological polar surface area (TPSA) is 66.8 Å². The van der Waals surface area contributed by atoms with E-state index in [9.17, 15) is 27.9 Å². The molecule has 0 aliphatic carbocycles. The van der Waals surface area contributed by atoms with Crippen LogP contribution in [-0.2, 0) is 22.3 Å². The fourth-order valence-corrected chi connectivity index (χ4v) is 4.45. The zero-order valence-electron chi connectivity index (χ0n) is 15.7. The van der Waals surface area contributed by atoms with E-state index < -0.39 is 23.6 Å². The van der Waals surface area contributed by atoms with Crippen LogP contribution in [0.1, 0.15) is 28.4 Å². The maximum absolute atomic E-state index is 12.8. The molecule has 3 rings (SSSR count). The van der Waals surface area contributed by atoms with Crippen LogP contribution in [0.25, 0.3) is 10.1 Å². The summed E-state index contributed by atoms with van der Waals surface area (Å²) >= 11 is 7.17. The number of phenolic OH excluding ortho intramolecular Hbond substituents is 1. The van der Waals surface area contributed by atoms with Crippen molar-refractivity contribution in [1.29, 1.82) is 0 Å². The summed E-state index contributed by atoms with van der Waals surface area (Å²) in [5.74, 6) is -1.34. The van der Waals surface area contributed by atoms with Gasteiger partial charge < -0.3 is 9.84 Å². The van der Waals surface area contributed by atoms with Crippen molar-refractivity contribution in [1.82, 2.24) is 0 Å². The maximum Gasteiger partial charge on any atom is 0.416 e. The summed E-state index contributed by atoms with van der Waals surface area (Å²) in [6.45, 7) is 1.20. The van der Waals surface area contributed by atoms with Crippen molar-refractivity contribution in [3.8, 4) is 5.75 Å². The van der Waals surface area contributed by atoms with E-state index in [1.807, 2.05) is 0 Å². The van der Waals surface area contributed by atoms with Crippen LogP contribution in [0, 0.1) is 0 Å². The van der Waals surface area contributed by atoms with Gasteiger partial charge in [-0.2, -0.15) is 13.2 Å². The number of aromatic hydroxyl groups is 1. The van der Waals surface area contributed by atoms with Crippen molar-refractivity contribution in [2.24, 2.45) is 0 Å². The molecule has 0 spiro atoms. The molecule has 0 bridgehead atoms. The van der Waals surface area contributed by atoms with Crippen LogP contribution in [0.2, 0.25) is 5.02 Å². The Bertz CT molecular complexity index is 1130. The molecule has 0 saturated heterocycles. The van der Waals surface area contributed by atoms with E-state index in [0.717, 1.165) is 23.5 Å². The Kier molecular flexibility index (Phi) is 5.96. The summed E-state index contributed by atoms with van der Waals surface area (Å²) < 4.78 is 43.6. The van der Waals surface area contributed by atoms with Crippen molar-refractivity contribution in [2.45, 2.75) is 19.6 Å². The predicted molar refractivity (Wildman–Crippen MR) is 108 cm³/mol. The standard InChI is InChI=1S/C20H15ClF3NO4S/c1-10(26)25(9-11-3-5-12(6-4-11)20(22,23)24)18-15(19(28)29-2)13-7-8-14(27)16(21)17(13)30-18/h3-8,27H,9H2,1-2H3. The Morgan fingerprint density at radius 2 is 1.80 bits per heavy atom. The second-order valence-corrected chi connectivity index (χ2v) is 7.73. The summed E-state index contributed by atoms with van der Waals surface area (Å²) in [4.78, 5) is 26.1. The minimum Gasteiger partial charge on any atom is -0.506 e. The number of rotatable bonds is 4. The quantitative estimate of drug-likeness (QED) is 0.516. The normalized spacial score (nSPS) is 11.5. The fourth-order valence-electron chi connectivity index (χ4n) is 2.90. The Balaban J connectivity index is 2.11. The van der Waals surface area contributed by atoms with Crippen LogP contribution in [0.5, 0.6) is 5.75 Å². The Hall–Kier alpha value is -2.78. The van der Waals surface area contributed by atoms with Crippen LogP contribution in [0.3, 0.4) is 0 Å². The minimum atomic E-state index is -4.47. The molecule has 2 aromatic carbocycles. The summed E-state index contributed by atoms with van der Waals surface area (Å²) in [5.41, 5.74) is -0.290. The van der Waals surface area contributed by atoms with Gasteiger partial charge in [0.15, 0.2) is 0 Å². The SMILES string of the molecule is COC(=O)c1c(N(Cc2ccc(C(F)(F)F)cc2)C(C)=O)sc2c(Cl)c(O)ccc12. The van der Waals surface area contributed by atoms with Crippen molar-refractivity contribution in [3.63, 3.8) is 0 Å². The second-order valence-electron chi connectivity index (χ2n) is 6.35. The smallest absolute Gasteiger partial charge is 0.416 e. The number of thiophene rings is 1. The monoisotopic (exact) mass is 457 g/mol. The van der Waals surface area contributed by atoms with Gasteiger partial charge in [-0.15, -0.1) is 11.3 Å². The van der Waals surface area contributed by atoms with E-state index in [-0.39, 0.29) is 27.9 Å². The van der Waals surface area contributed by atoms with E-state index in [4.69, 9.17) is 16.3 Å². The first-order valence-corrected chi connectivity index (χ1v) is 9.70. The van der Waals surface area contributed by atoms with E-state index in [1.165, 1.54) is 43.2 Å². The molecule has 1 N–H and O–H groups in total. The Morgan fingerprint density at radius 1 is 1.17 bits per heavy atom. The summed E-state index contributed by atoms with van der Waals surface area (Å²) in [7, 11) is 1.19. The molecule has 0 saturated carbocycles. The van der Waals surface area contributed by atoms with Gasteiger partial charge in [-0.1, -0.05) is 23.7 Å². The molecule has 10 heteroatoms. The second kappa shape index (κ2) is 8.16. The lowest BCUT2D eigenvalue weighted by Crippen LogP contribution is -2.28. The number of nitrogens with zero attached hydrogens (tertiary/aromatic N) is 1. The van der Waals surface area contributed by atoms with E-state index >= 15 is 0 Å². The van der Waals surface area contributed by atoms with Gasteiger partial charge in [0.2, 0.25) is 5.91 Å². The van der Waals surface area contributed by atoms with E-state index in [1.54, 1.807) is 0 Å². The molecule has 30 heavy (non-hydrogen) atoms. The third kappa shape index (κ3) is 4.08. The van der Waals surface area contributed by atoms with Crippen LogP contribution < -0.4 is 4.90 Å². The van der Waals surface area contributed by atoms with Gasteiger partial charge in [-0.3, -0.25) is 9.69 Å². The fraction of sp³-hybridized carbons (Fsp3) is 0.200. The van der Waals surface area contributed by atoms with Gasteiger partial charge in [0.25, 0.3) is 0 Å². The van der Waals surface area contributed by atoms with Gasteiger partial charge in [0, 0.05) is 12.3 Å². The van der Waals surface area contributed by atoms with Gasteiger partial charge in [-0.25, -0.2) is 4.79 Å². The van der Waals surface area contributed by atoms with Gasteiger partial charge in [-0.05, 0) is 29.8 Å². The number of ether oxygens (including phenoxy) is 1. The van der Waals surface area contributed by atoms with Crippen LogP contribution in [-0.4, -0.2) is 24.1 Å². The number of alkyl halides is 3. The Labute approximate surface area is 178 Å². The van der Waals surface area contributed by atoms with Gasteiger partial charge in [0.1, 0.15) is 21.3 Å². The molecule has 1 heterocycles. The summed E-state index contributed by atoms with van der Waals surface area (Å²) in [6, 6.07) is 7.19. The maximum atomic E-state index is 12.8. The molecule has 1 amide bonds. The molecule has 1 aromatic heterocycles. The van der Waals surface area contributed by atoms with Crippen LogP contribution in [0.4, 0.5) is 18.2 Å². The average molecular weight is 458 g/mol. The molecule has 5 nitrogen and oxygen atoms in total. The number of hydrogen-bond donors (Lipinski definition) is 1. The Morgan fingerprint density at radius 3 is 2.33 bits per heavy atom. The molecule has 158 valence electrons. The molecule has 0 atom stereocenters. The molecule has 0 aliphatic rings. The third-order valence-electron chi connectivity index (χ3n) is 4.40. The molecule has 0 radical (unpaired) electrons. The molecular weight excluding hydrogens is 443 g/mol. The molecule has 0 unspecified atom stereocenters. The largest absolute Gasteiger partial charge is 0.506 e. The number of fused-ring (bicyclic) bond motifs is 1. The van der Waals surface area contributed by atoms with Crippen molar-refractivity contribution >= 4 is 49.9 Å². The summed E-state index contributed by atoms with van der Waals surface area (Å²) in [6.07, 6.45) is -4.47.